The number of amides is 2. The van der Waals surface area contributed by atoms with Gasteiger partial charge in [0.15, 0.2) is 0 Å². The molecule has 3 aromatic carbocycles. The van der Waals surface area contributed by atoms with Gasteiger partial charge in [-0.2, -0.15) is 13.2 Å². The van der Waals surface area contributed by atoms with Crippen LogP contribution in [-0.2, 0) is 20.7 Å². The maximum Gasteiger partial charge on any atom is 0.407 e. The SMILES string of the molecule is N[C@H](C(=O)Nc1cccc(F)c1CC[C@@H]1CNC[C@@H](COC(=O)NCC(F)(F)F)O1)C(c1ccc(F)cc1)c1ccc(F)cc1. The van der Waals surface area contributed by atoms with Gasteiger partial charge in [-0.15, -0.1) is 0 Å². The van der Waals surface area contributed by atoms with Crippen LogP contribution in [0.25, 0.3) is 0 Å². The molecule has 3 aromatic rings. The number of nitrogens with two attached hydrogens (primary N) is 1. The zero-order valence-electron chi connectivity index (χ0n) is 23.9. The molecule has 0 aromatic heterocycles. The lowest BCUT2D eigenvalue weighted by atomic mass is 9.85. The first-order valence-corrected chi connectivity index (χ1v) is 14.1. The summed E-state index contributed by atoms with van der Waals surface area (Å²) in [6.45, 7) is -1.15. The number of anilines is 1. The molecule has 45 heavy (non-hydrogen) atoms. The number of hydrogen-bond donors (Lipinski definition) is 4. The average Bonchev–Trinajstić information content (AvgIpc) is 3.00. The van der Waals surface area contributed by atoms with E-state index in [2.05, 4.69) is 10.6 Å². The second-order valence-electron chi connectivity index (χ2n) is 10.5. The Morgan fingerprint density at radius 2 is 1.53 bits per heavy atom. The normalized spacial score (nSPS) is 17.5. The molecule has 8 nitrogen and oxygen atoms in total. The van der Waals surface area contributed by atoms with Crippen LogP contribution in [0.15, 0.2) is 66.7 Å². The number of carbonyl (C=O) groups is 2. The Morgan fingerprint density at radius 1 is 0.933 bits per heavy atom. The first kappa shape index (κ1) is 33.7. The Bertz CT molecular complexity index is 1390. The van der Waals surface area contributed by atoms with Gasteiger partial charge in [0.2, 0.25) is 5.91 Å². The Balaban J connectivity index is 1.40. The van der Waals surface area contributed by atoms with Crippen LogP contribution >= 0.6 is 0 Å². The second-order valence-corrected chi connectivity index (χ2v) is 10.5. The Morgan fingerprint density at radius 3 is 2.13 bits per heavy atom. The van der Waals surface area contributed by atoms with Gasteiger partial charge in [-0.1, -0.05) is 30.3 Å². The Labute approximate surface area is 255 Å². The van der Waals surface area contributed by atoms with Crippen LogP contribution in [-0.4, -0.2) is 62.7 Å². The first-order valence-electron chi connectivity index (χ1n) is 14.1. The molecule has 1 aliphatic heterocycles. The number of hydrogen-bond acceptors (Lipinski definition) is 6. The predicted molar refractivity (Wildman–Crippen MR) is 153 cm³/mol. The van der Waals surface area contributed by atoms with Gasteiger partial charge in [0.25, 0.3) is 0 Å². The molecular formula is C31H32F6N4O4. The van der Waals surface area contributed by atoms with Gasteiger partial charge in [-0.25, -0.2) is 18.0 Å². The van der Waals surface area contributed by atoms with Gasteiger partial charge >= 0.3 is 12.3 Å². The van der Waals surface area contributed by atoms with Gasteiger partial charge in [0.05, 0.1) is 12.1 Å². The molecule has 0 saturated carbocycles. The predicted octanol–water partition coefficient (Wildman–Crippen LogP) is 4.78. The maximum absolute atomic E-state index is 15.0. The summed E-state index contributed by atoms with van der Waals surface area (Å²) in [5.74, 6) is -2.99. The van der Waals surface area contributed by atoms with E-state index >= 15 is 4.39 Å². The summed E-state index contributed by atoms with van der Waals surface area (Å²) < 4.78 is 89.8. The molecule has 1 aliphatic rings. The fourth-order valence-corrected chi connectivity index (χ4v) is 4.98. The molecule has 4 rings (SSSR count). The van der Waals surface area contributed by atoms with E-state index in [9.17, 15) is 31.5 Å². The second kappa shape index (κ2) is 15.2. The number of alkyl halides is 3. The smallest absolute Gasteiger partial charge is 0.407 e. The quantitative estimate of drug-likeness (QED) is 0.225. The van der Waals surface area contributed by atoms with E-state index in [1.54, 1.807) is 5.32 Å². The third-order valence-electron chi connectivity index (χ3n) is 7.18. The number of morpholine rings is 1. The molecule has 0 unspecified atom stereocenters. The van der Waals surface area contributed by atoms with Crippen molar-refractivity contribution in [2.45, 2.75) is 43.2 Å². The minimum atomic E-state index is -4.57. The summed E-state index contributed by atoms with van der Waals surface area (Å²) >= 11 is 0. The topological polar surface area (TPSA) is 115 Å². The first-order chi connectivity index (χ1) is 21.4. The lowest BCUT2D eigenvalue weighted by Crippen LogP contribution is -2.47. The van der Waals surface area contributed by atoms with Crippen LogP contribution in [0.3, 0.4) is 0 Å². The monoisotopic (exact) mass is 638 g/mol. The molecule has 1 fully saturated rings. The minimum absolute atomic E-state index is 0.128. The number of carbonyl (C=O) groups excluding carboxylic acids is 2. The van der Waals surface area contributed by atoms with Crippen molar-refractivity contribution in [1.29, 1.82) is 0 Å². The van der Waals surface area contributed by atoms with Crippen LogP contribution < -0.4 is 21.7 Å². The van der Waals surface area contributed by atoms with Crippen molar-refractivity contribution in [3.05, 3.63) is 101 Å². The highest BCUT2D eigenvalue weighted by Gasteiger charge is 2.30. The van der Waals surface area contributed by atoms with E-state index < -0.39 is 66.3 Å². The molecule has 14 heteroatoms. The van der Waals surface area contributed by atoms with Crippen molar-refractivity contribution in [3.8, 4) is 0 Å². The number of alkyl carbamates (subject to hydrolysis) is 1. The number of rotatable bonds is 11. The summed E-state index contributed by atoms with van der Waals surface area (Å²) in [5, 5.41) is 7.39. The van der Waals surface area contributed by atoms with Crippen LogP contribution in [0, 0.1) is 17.5 Å². The summed E-state index contributed by atoms with van der Waals surface area (Å²) in [4.78, 5) is 25.0. The summed E-state index contributed by atoms with van der Waals surface area (Å²) in [6.07, 6.45) is -6.50. The standard InChI is InChI=1S/C31H32F6N4O4/c32-20-8-4-18(5-9-20)27(19-6-10-21(33)11-7-19)28(38)29(42)41-26-3-1-2-25(34)24(26)13-12-22-14-39-15-23(45-22)16-44-30(43)40-17-31(35,36)37/h1-11,22-23,27-28,39H,12-17,38H2,(H,40,43)(H,41,42)/t22-,23+,28+/m1/s1. The van der Waals surface area contributed by atoms with Crippen molar-refractivity contribution < 1.29 is 45.4 Å². The van der Waals surface area contributed by atoms with Crippen molar-refractivity contribution in [1.82, 2.24) is 10.6 Å². The molecule has 0 spiro atoms. The Kier molecular flexibility index (Phi) is 11.4. The molecule has 0 bridgehead atoms. The number of halogens is 6. The van der Waals surface area contributed by atoms with Crippen molar-refractivity contribution in [3.63, 3.8) is 0 Å². The number of benzene rings is 3. The summed E-state index contributed by atoms with van der Waals surface area (Å²) in [5.41, 5.74) is 7.82. The maximum atomic E-state index is 15.0. The highest BCUT2D eigenvalue weighted by molar-refractivity contribution is 5.96. The van der Waals surface area contributed by atoms with Crippen LogP contribution in [0.5, 0.6) is 0 Å². The van der Waals surface area contributed by atoms with Gasteiger partial charge in [0.1, 0.15) is 36.7 Å². The molecule has 0 radical (unpaired) electrons. The highest BCUT2D eigenvalue weighted by Crippen LogP contribution is 2.30. The molecule has 0 aliphatic carbocycles. The van der Waals surface area contributed by atoms with Gasteiger partial charge in [-0.05, 0) is 60.4 Å². The van der Waals surface area contributed by atoms with Gasteiger partial charge < -0.3 is 31.2 Å². The number of ether oxygens (including phenoxy) is 2. The summed E-state index contributed by atoms with van der Waals surface area (Å²) in [6, 6.07) is 13.8. The van der Waals surface area contributed by atoms with E-state index in [1.165, 1.54) is 66.7 Å². The van der Waals surface area contributed by atoms with Crippen molar-refractivity contribution in [2.75, 3.05) is 31.6 Å². The Hall–Kier alpha value is -4.14. The van der Waals surface area contributed by atoms with Gasteiger partial charge in [0, 0.05) is 30.3 Å². The molecule has 242 valence electrons. The fraction of sp³-hybridized carbons (Fsp3) is 0.355. The van der Waals surface area contributed by atoms with Crippen LogP contribution in [0.2, 0.25) is 0 Å². The fourth-order valence-electron chi connectivity index (χ4n) is 4.98. The van der Waals surface area contributed by atoms with E-state index in [0.29, 0.717) is 17.7 Å². The molecule has 5 N–H and O–H groups in total. The third kappa shape index (κ3) is 9.93. The molecule has 2 amide bonds. The van der Waals surface area contributed by atoms with Crippen LogP contribution in [0.4, 0.5) is 36.8 Å². The van der Waals surface area contributed by atoms with E-state index in [1.807, 2.05) is 0 Å². The number of nitrogens with one attached hydrogen (secondary N) is 3. The molecule has 1 saturated heterocycles. The van der Waals surface area contributed by atoms with E-state index in [4.69, 9.17) is 15.2 Å². The largest absolute Gasteiger partial charge is 0.447 e. The lowest BCUT2D eigenvalue weighted by molar-refractivity contribution is -0.124. The van der Waals surface area contributed by atoms with E-state index in [-0.39, 0.29) is 37.2 Å². The molecular weight excluding hydrogens is 606 g/mol. The third-order valence-corrected chi connectivity index (χ3v) is 7.18. The van der Waals surface area contributed by atoms with Crippen LogP contribution in [0.1, 0.15) is 29.0 Å². The lowest BCUT2D eigenvalue weighted by Gasteiger charge is -2.31. The van der Waals surface area contributed by atoms with E-state index in [0.717, 1.165) is 0 Å². The molecule has 1 heterocycles. The zero-order chi connectivity index (χ0) is 32.6. The zero-order valence-corrected chi connectivity index (χ0v) is 23.9. The van der Waals surface area contributed by atoms with Crippen molar-refractivity contribution in [2.24, 2.45) is 5.73 Å². The molecule has 3 atom stereocenters. The minimum Gasteiger partial charge on any atom is -0.447 e. The van der Waals surface area contributed by atoms with Crippen molar-refractivity contribution >= 4 is 17.7 Å². The van der Waals surface area contributed by atoms with Gasteiger partial charge in [-0.3, -0.25) is 4.79 Å². The summed E-state index contributed by atoms with van der Waals surface area (Å²) in [7, 11) is 0. The highest BCUT2D eigenvalue weighted by atomic mass is 19.4. The average molecular weight is 639 g/mol.